The summed E-state index contributed by atoms with van der Waals surface area (Å²) in [4.78, 5) is 0. The molecule has 0 heteroatoms. The Bertz CT molecular complexity index is 114. The first-order valence-corrected chi connectivity index (χ1v) is 3.74. The van der Waals surface area contributed by atoms with Crippen molar-refractivity contribution in [2.24, 2.45) is 11.3 Å². The molecule has 52 valence electrons. The number of hydrogen-bond donors (Lipinski definition) is 0. The zero-order chi connectivity index (χ0) is 6.91. The van der Waals surface area contributed by atoms with Gasteiger partial charge in [0, 0.05) is 0 Å². The van der Waals surface area contributed by atoms with E-state index >= 15 is 0 Å². The van der Waals surface area contributed by atoms with Crippen molar-refractivity contribution in [3.63, 3.8) is 0 Å². The molecule has 1 atom stereocenters. The van der Waals surface area contributed by atoms with E-state index in [1.54, 1.807) is 0 Å². The van der Waals surface area contributed by atoms with E-state index in [0.29, 0.717) is 5.41 Å². The van der Waals surface area contributed by atoms with Gasteiger partial charge in [-0.3, -0.25) is 0 Å². The van der Waals surface area contributed by atoms with Crippen molar-refractivity contribution in [3.8, 4) is 0 Å². The molecule has 9 heavy (non-hydrogen) atoms. The zero-order valence-corrected chi connectivity index (χ0v) is 6.65. The van der Waals surface area contributed by atoms with Crippen LogP contribution in [0.4, 0.5) is 0 Å². The van der Waals surface area contributed by atoms with Crippen molar-refractivity contribution in [1.29, 1.82) is 0 Å². The van der Waals surface area contributed by atoms with Gasteiger partial charge in [-0.15, -0.1) is 0 Å². The summed E-state index contributed by atoms with van der Waals surface area (Å²) in [6, 6.07) is 0. The topological polar surface area (TPSA) is 0 Å². The highest BCUT2D eigenvalue weighted by Gasteiger charge is 2.18. The van der Waals surface area contributed by atoms with Crippen LogP contribution in [0, 0.1) is 11.3 Å². The Morgan fingerprint density at radius 3 is 2.11 bits per heavy atom. The van der Waals surface area contributed by atoms with Gasteiger partial charge in [0.1, 0.15) is 0 Å². The second kappa shape index (κ2) is 2.17. The highest BCUT2D eigenvalue weighted by molar-refractivity contribution is 5.02. The monoisotopic (exact) mass is 124 g/mol. The van der Waals surface area contributed by atoms with Gasteiger partial charge >= 0.3 is 0 Å². The van der Waals surface area contributed by atoms with Crippen LogP contribution < -0.4 is 0 Å². The van der Waals surface area contributed by atoms with Crippen LogP contribution in [0.1, 0.15) is 33.6 Å². The molecule has 1 unspecified atom stereocenters. The Morgan fingerprint density at radius 1 is 1.44 bits per heavy atom. The molecule has 0 aliphatic heterocycles. The van der Waals surface area contributed by atoms with Crippen LogP contribution in [0.15, 0.2) is 12.2 Å². The fraction of sp³-hybridized carbons (Fsp3) is 0.778. The van der Waals surface area contributed by atoms with Gasteiger partial charge in [-0.1, -0.05) is 32.9 Å². The van der Waals surface area contributed by atoms with Gasteiger partial charge in [-0.25, -0.2) is 0 Å². The second-order valence-electron chi connectivity index (χ2n) is 4.19. The van der Waals surface area contributed by atoms with Crippen molar-refractivity contribution in [2.45, 2.75) is 33.6 Å². The molecule has 0 nitrogen and oxygen atoms in total. The van der Waals surface area contributed by atoms with Crippen LogP contribution >= 0.6 is 0 Å². The fourth-order valence-corrected chi connectivity index (χ4v) is 1.27. The van der Waals surface area contributed by atoms with Gasteiger partial charge in [0.2, 0.25) is 0 Å². The maximum atomic E-state index is 2.32. The highest BCUT2D eigenvalue weighted by Crippen LogP contribution is 2.31. The lowest BCUT2D eigenvalue weighted by Gasteiger charge is -2.26. The van der Waals surface area contributed by atoms with Crippen molar-refractivity contribution in [3.05, 3.63) is 12.2 Å². The van der Waals surface area contributed by atoms with Crippen LogP contribution in [0.3, 0.4) is 0 Å². The average molecular weight is 124 g/mol. The number of allylic oxidation sites excluding steroid dienone is 2. The van der Waals surface area contributed by atoms with E-state index in [9.17, 15) is 0 Å². The fourth-order valence-electron chi connectivity index (χ4n) is 1.27. The summed E-state index contributed by atoms with van der Waals surface area (Å²) in [5.74, 6) is 0.894. The van der Waals surface area contributed by atoms with E-state index in [4.69, 9.17) is 0 Å². The van der Waals surface area contributed by atoms with Crippen molar-refractivity contribution in [2.75, 3.05) is 0 Å². The molecule has 0 N–H and O–H groups in total. The molecule has 0 saturated carbocycles. The molecule has 0 amide bonds. The van der Waals surface area contributed by atoms with Crippen molar-refractivity contribution in [1.82, 2.24) is 0 Å². The van der Waals surface area contributed by atoms with E-state index < -0.39 is 0 Å². The first kappa shape index (κ1) is 6.85. The Hall–Kier alpha value is -0.260. The van der Waals surface area contributed by atoms with Crippen LogP contribution in [-0.4, -0.2) is 0 Å². The second-order valence-corrected chi connectivity index (χ2v) is 4.19. The summed E-state index contributed by atoms with van der Waals surface area (Å²) < 4.78 is 0. The van der Waals surface area contributed by atoms with E-state index in [1.165, 1.54) is 12.8 Å². The third kappa shape index (κ3) is 2.21. The molecule has 0 fully saturated rings. The molecule has 1 rings (SSSR count). The lowest BCUT2D eigenvalue weighted by atomic mass is 9.79. The molecule has 0 aromatic heterocycles. The van der Waals surface area contributed by atoms with Crippen molar-refractivity contribution < 1.29 is 0 Å². The maximum absolute atomic E-state index is 2.32. The first-order chi connectivity index (χ1) is 4.08. The largest absolute Gasteiger partial charge is 0.0877 e. The van der Waals surface area contributed by atoms with Gasteiger partial charge in [0.25, 0.3) is 0 Å². The third-order valence-electron chi connectivity index (χ3n) is 1.72. The number of hydrogen-bond acceptors (Lipinski definition) is 0. The molecular formula is C9H16. The summed E-state index contributed by atoms with van der Waals surface area (Å²) in [6.07, 6.45) is 7.25. The average Bonchev–Trinajstić information content (AvgIpc) is 1.53. The van der Waals surface area contributed by atoms with E-state index in [2.05, 4.69) is 32.9 Å². The van der Waals surface area contributed by atoms with Crippen LogP contribution in [-0.2, 0) is 0 Å². The lowest BCUT2D eigenvalue weighted by Crippen LogP contribution is -2.14. The minimum Gasteiger partial charge on any atom is -0.0877 e. The zero-order valence-electron chi connectivity index (χ0n) is 6.65. The Morgan fingerprint density at radius 2 is 2.00 bits per heavy atom. The summed E-state index contributed by atoms with van der Waals surface area (Å²) in [5.41, 5.74) is 0.523. The van der Waals surface area contributed by atoms with Crippen LogP contribution in [0.5, 0.6) is 0 Å². The van der Waals surface area contributed by atoms with Gasteiger partial charge in [0.05, 0.1) is 0 Å². The standard InChI is InChI=1S/C9H16/c1-9(2,3)7-8-5-4-6-8/h4-5,8H,6-7H2,1-3H3. The Kier molecular flexibility index (Phi) is 1.65. The Labute approximate surface area is 58.0 Å². The molecule has 0 spiro atoms. The minimum absolute atomic E-state index is 0.523. The molecular weight excluding hydrogens is 108 g/mol. The number of rotatable bonds is 1. The van der Waals surface area contributed by atoms with E-state index in [0.717, 1.165) is 5.92 Å². The molecule has 0 saturated heterocycles. The predicted octanol–water partition coefficient (Wildman–Crippen LogP) is 3.00. The van der Waals surface area contributed by atoms with Crippen molar-refractivity contribution >= 4 is 0 Å². The van der Waals surface area contributed by atoms with E-state index in [-0.39, 0.29) is 0 Å². The van der Waals surface area contributed by atoms with Gasteiger partial charge in [-0.05, 0) is 24.2 Å². The molecule has 1 aliphatic carbocycles. The summed E-state index contributed by atoms with van der Waals surface area (Å²) in [5, 5.41) is 0. The first-order valence-electron chi connectivity index (χ1n) is 3.74. The predicted molar refractivity (Wildman–Crippen MR) is 41.3 cm³/mol. The third-order valence-corrected chi connectivity index (χ3v) is 1.72. The minimum atomic E-state index is 0.523. The molecule has 0 radical (unpaired) electrons. The maximum Gasteiger partial charge on any atom is -0.0194 e. The smallest absolute Gasteiger partial charge is 0.0194 e. The van der Waals surface area contributed by atoms with Gasteiger partial charge in [0.15, 0.2) is 0 Å². The van der Waals surface area contributed by atoms with E-state index in [1.807, 2.05) is 0 Å². The Balaban J connectivity index is 2.25. The normalized spacial score (nSPS) is 25.9. The van der Waals surface area contributed by atoms with Crippen LogP contribution in [0.2, 0.25) is 0 Å². The molecule has 1 aliphatic rings. The molecule has 0 heterocycles. The van der Waals surface area contributed by atoms with Gasteiger partial charge < -0.3 is 0 Å². The van der Waals surface area contributed by atoms with Crippen LogP contribution in [0.25, 0.3) is 0 Å². The highest BCUT2D eigenvalue weighted by atomic mass is 14.2. The quantitative estimate of drug-likeness (QED) is 0.471. The summed E-state index contributed by atoms with van der Waals surface area (Å²) in [6.45, 7) is 6.91. The molecule has 0 bridgehead atoms. The SMILES string of the molecule is CC(C)(C)CC1C=CC1. The molecule has 0 aromatic rings. The molecule has 0 aromatic carbocycles. The lowest BCUT2D eigenvalue weighted by molar-refractivity contribution is 0.315. The summed E-state index contributed by atoms with van der Waals surface area (Å²) >= 11 is 0. The van der Waals surface area contributed by atoms with Gasteiger partial charge in [-0.2, -0.15) is 0 Å². The summed E-state index contributed by atoms with van der Waals surface area (Å²) in [7, 11) is 0.